The Morgan fingerprint density at radius 2 is 1.48 bits per heavy atom. The quantitative estimate of drug-likeness (QED) is 0.768. The molecule has 0 saturated heterocycles. The monoisotopic (exact) mass is 311 g/mol. The number of aliphatic hydroxyl groups excluding tert-OH is 1. The van der Waals surface area contributed by atoms with Crippen LogP contribution >= 0.6 is 0 Å². The number of nitrogens with one attached hydrogen (secondary N) is 1. The summed E-state index contributed by atoms with van der Waals surface area (Å²) in [4.78, 5) is 0. The maximum Gasteiger partial charge on any atom is 0.0940 e. The van der Waals surface area contributed by atoms with Crippen molar-refractivity contribution in [2.24, 2.45) is 5.92 Å². The van der Waals surface area contributed by atoms with E-state index in [4.69, 9.17) is 0 Å². The second kappa shape index (κ2) is 8.85. The van der Waals surface area contributed by atoms with Gasteiger partial charge in [-0.15, -0.1) is 0 Å². The second-order valence-corrected chi connectivity index (χ2v) is 6.76. The van der Waals surface area contributed by atoms with Crippen LogP contribution in [-0.2, 0) is 12.8 Å². The van der Waals surface area contributed by atoms with Gasteiger partial charge in [-0.05, 0) is 48.9 Å². The van der Waals surface area contributed by atoms with Gasteiger partial charge in [0.2, 0.25) is 0 Å². The van der Waals surface area contributed by atoms with Gasteiger partial charge in [0.05, 0.1) is 6.10 Å². The maximum absolute atomic E-state index is 10.3. The average Bonchev–Trinajstić information content (AvgIpc) is 2.56. The average molecular weight is 311 g/mol. The van der Waals surface area contributed by atoms with Crippen LogP contribution in [0.4, 0.5) is 0 Å². The molecule has 124 valence electrons. The molecule has 2 N–H and O–H groups in total. The highest BCUT2D eigenvalue weighted by Gasteiger charge is 2.14. The van der Waals surface area contributed by atoms with Crippen LogP contribution in [0.3, 0.4) is 0 Å². The zero-order valence-corrected chi connectivity index (χ0v) is 14.5. The molecule has 0 spiro atoms. The molecule has 2 heteroatoms. The van der Waals surface area contributed by atoms with Crippen molar-refractivity contribution in [1.82, 2.24) is 5.32 Å². The SMILES string of the molecule is CC(C)Cc1ccc(CCNC(C)C(O)c2ccccc2)cc1. The number of rotatable bonds is 8. The molecule has 2 aromatic rings. The Hall–Kier alpha value is -1.64. The molecule has 2 aromatic carbocycles. The van der Waals surface area contributed by atoms with Gasteiger partial charge in [0.1, 0.15) is 0 Å². The highest BCUT2D eigenvalue weighted by molar-refractivity contribution is 5.23. The number of benzene rings is 2. The highest BCUT2D eigenvalue weighted by Crippen LogP contribution is 2.16. The summed E-state index contributed by atoms with van der Waals surface area (Å²) < 4.78 is 0. The van der Waals surface area contributed by atoms with Crippen LogP contribution < -0.4 is 5.32 Å². The van der Waals surface area contributed by atoms with Crippen LogP contribution in [0.2, 0.25) is 0 Å². The second-order valence-electron chi connectivity index (χ2n) is 6.76. The van der Waals surface area contributed by atoms with Crippen molar-refractivity contribution in [1.29, 1.82) is 0 Å². The summed E-state index contributed by atoms with van der Waals surface area (Å²) in [5, 5.41) is 13.8. The van der Waals surface area contributed by atoms with Crippen molar-refractivity contribution in [3.05, 3.63) is 71.3 Å². The Labute approximate surface area is 140 Å². The summed E-state index contributed by atoms with van der Waals surface area (Å²) in [6.07, 6.45) is 1.65. The minimum Gasteiger partial charge on any atom is -0.387 e. The zero-order valence-electron chi connectivity index (χ0n) is 14.5. The van der Waals surface area contributed by atoms with Crippen LogP contribution in [0.1, 0.15) is 43.6 Å². The van der Waals surface area contributed by atoms with Gasteiger partial charge < -0.3 is 10.4 Å². The number of hydrogen-bond acceptors (Lipinski definition) is 2. The van der Waals surface area contributed by atoms with E-state index in [1.807, 2.05) is 37.3 Å². The lowest BCUT2D eigenvalue weighted by Gasteiger charge is -2.20. The van der Waals surface area contributed by atoms with E-state index < -0.39 is 6.10 Å². The molecule has 0 bridgehead atoms. The van der Waals surface area contributed by atoms with E-state index in [0.29, 0.717) is 5.92 Å². The van der Waals surface area contributed by atoms with Gasteiger partial charge in [-0.2, -0.15) is 0 Å². The van der Waals surface area contributed by atoms with Crippen molar-refractivity contribution >= 4 is 0 Å². The Morgan fingerprint density at radius 3 is 2.09 bits per heavy atom. The van der Waals surface area contributed by atoms with Crippen molar-refractivity contribution < 1.29 is 5.11 Å². The first kappa shape index (κ1) is 17.7. The van der Waals surface area contributed by atoms with Crippen LogP contribution in [0.15, 0.2) is 54.6 Å². The summed E-state index contributed by atoms with van der Waals surface area (Å²) in [6, 6.07) is 18.8. The summed E-state index contributed by atoms with van der Waals surface area (Å²) in [7, 11) is 0. The number of hydrogen-bond donors (Lipinski definition) is 2. The molecule has 0 fully saturated rings. The van der Waals surface area contributed by atoms with Crippen molar-refractivity contribution in [2.75, 3.05) is 6.54 Å². The van der Waals surface area contributed by atoms with E-state index in [1.165, 1.54) is 11.1 Å². The Morgan fingerprint density at radius 1 is 0.870 bits per heavy atom. The fourth-order valence-corrected chi connectivity index (χ4v) is 2.81. The van der Waals surface area contributed by atoms with Crippen LogP contribution in [0, 0.1) is 5.92 Å². The van der Waals surface area contributed by atoms with Crippen molar-refractivity contribution in [3.8, 4) is 0 Å². The summed E-state index contributed by atoms with van der Waals surface area (Å²) in [5.41, 5.74) is 3.71. The Balaban J connectivity index is 1.78. The lowest BCUT2D eigenvalue weighted by atomic mass is 10.0. The van der Waals surface area contributed by atoms with E-state index >= 15 is 0 Å². The molecular formula is C21H29NO. The molecule has 2 atom stereocenters. The molecular weight excluding hydrogens is 282 g/mol. The third-order valence-electron chi connectivity index (χ3n) is 4.16. The standard InChI is InChI=1S/C21H29NO/c1-16(2)15-19-11-9-18(10-12-19)13-14-22-17(3)21(23)20-7-5-4-6-8-20/h4-12,16-17,21-23H,13-15H2,1-3H3. The maximum atomic E-state index is 10.3. The largest absolute Gasteiger partial charge is 0.387 e. The molecule has 2 nitrogen and oxygen atoms in total. The predicted octanol–water partition coefficient (Wildman–Crippen LogP) is 4.14. The first-order chi connectivity index (χ1) is 11.1. The number of aliphatic hydroxyl groups is 1. The lowest BCUT2D eigenvalue weighted by Crippen LogP contribution is -2.33. The van der Waals surface area contributed by atoms with E-state index in [0.717, 1.165) is 24.9 Å². The Bertz CT molecular complexity index is 562. The molecule has 0 aliphatic rings. The van der Waals surface area contributed by atoms with Crippen LogP contribution in [-0.4, -0.2) is 17.7 Å². The van der Waals surface area contributed by atoms with Crippen molar-refractivity contribution in [3.63, 3.8) is 0 Å². The van der Waals surface area contributed by atoms with Crippen LogP contribution in [0.25, 0.3) is 0 Å². The minimum absolute atomic E-state index is 0.0395. The van der Waals surface area contributed by atoms with Gasteiger partial charge in [-0.3, -0.25) is 0 Å². The van der Waals surface area contributed by atoms with E-state index in [2.05, 4.69) is 43.4 Å². The first-order valence-electron chi connectivity index (χ1n) is 8.60. The topological polar surface area (TPSA) is 32.3 Å². The molecule has 2 unspecified atom stereocenters. The molecule has 0 aliphatic carbocycles. The fourth-order valence-electron chi connectivity index (χ4n) is 2.81. The Kier molecular flexibility index (Phi) is 6.82. The summed E-state index contributed by atoms with van der Waals surface area (Å²) >= 11 is 0. The third kappa shape index (κ3) is 5.81. The van der Waals surface area contributed by atoms with Crippen LogP contribution in [0.5, 0.6) is 0 Å². The highest BCUT2D eigenvalue weighted by atomic mass is 16.3. The smallest absolute Gasteiger partial charge is 0.0940 e. The normalized spacial score (nSPS) is 14.0. The molecule has 0 aliphatic heterocycles. The summed E-state index contributed by atoms with van der Waals surface area (Å²) in [5.74, 6) is 0.697. The van der Waals surface area contributed by atoms with Gasteiger partial charge in [-0.25, -0.2) is 0 Å². The van der Waals surface area contributed by atoms with Gasteiger partial charge >= 0.3 is 0 Å². The molecule has 0 amide bonds. The van der Waals surface area contributed by atoms with E-state index in [1.54, 1.807) is 0 Å². The zero-order chi connectivity index (χ0) is 16.7. The van der Waals surface area contributed by atoms with E-state index in [9.17, 15) is 5.11 Å². The summed E-state index contributed by atoms with van der Waals surface area (Å²) in [6.45, 7) is 7.40. The predicted molar refractivity (Wildman–Crippen MR) is 97.6 cm³/mol. The third-order valence-corrected chi connectivity index (χ3v) is 4.16. The first-order valence-corrected chi connectivity index (χ1v) is 8.60. The van der Waals surface area contributed by atoms with Gasteiger partial charge in [0.25, 0.3) is 0 Å². The molecule has 0 heterocycles. The molecule has 23 heavy (non-hydrogen) atoms. The minimum atomic E-state index is -0.468. The van der Waals surface area contributed by atoms with Gasteiger partial charge in [0.15, 0.2) is 0 Å². The van der Waals surface area contributed by atoms with Gasteiger partial charge in [0, 0.05) is 6.04 Å². The van der Waals surface area contributed by atoms with Gasteiger partial charge in [-0.1, -0.05) is 68.4 Å². The lowest BCUT2D eigenvalue weighted by molar-refractivity contribution is 0.136. The molecule has 0 saturated carbocycles. The van der Waals surface area contributed by atoms with Crippen molar-refractivity contribution in [2.45, 2.75) is 45.8 Å². The molecule has 0 aromatic heterocycles. The van der Waals surface area contributed by atoms with E-state index in [-0.39, 0.29) is 6.04 Å². The molecule has 0 radical (unpaired) electrons. The fraction of sp³-hybridized carbons (Fsp3) is 0.429. The molecule has 2 rings (SSSR count).